The molecule has 1 amide bonds. The lowest BCUT2D eigenvalue weighted by atomic mass is 9.92. The van der Waals surface area contributed by atoms with Crippen LogP contribution in [0.1, 0.15) is 26.7 Å². The molecule has 1 aliphatic heterocycles. The smallest absolute Gasteiger partial charge is 0.223 e. The van der Waals surface area contributed by atoms with Crippen molar-refractivity contribution in [2.24, 2.45) is 5.92 Å². The number of hydrogen-bond acceptors (Lipinski definition) is 3. The second kappa shape index (κ2) is 7.80. The van der Waals surface area contributed by atoms with E-state index in [-0.39, 0.29) is 17.9 Å². The van der Waals surface area contributed by atoms with Crippen LogP contribution in [-0.2, 0) is 4.79 Å². The van der Waals surface area contributed by atoms with E-state index in [2.05, 4.69) is 33.5 Å². The Balaban J connectivity index is 1.75. The first-order valence-electron chi connectivity index (χ1n) is 7.48. The van der Waals surface area contributed by atoms with Gasteiger partial charge in [-0.2, -0.15) is 0 Å². The maximum Gasteiger partial charge on any atom is 0.223 e. The molecular formula is C16H23BrN2O2. The van der Waals surface area contributed by atoms with Crippen molar-refractivity contribution in [3.63, 3.8) is 0 Å². The second-order valence-electron chi connectivity index (χ2n) is 5.71. The molecule has 1 fully saturated rings. The van der Waals surface area contributed by atoms with Crippen molar-refractivity contribution in [3.05, 3.63) is 28.7 Å². The highest BCUT2D eigenvalue weighted by atomic mass is 79.9. The van der Waals surface area contributed by atoms with Crippen LogP contribution in [-0.4, -0.2) is 31.1 Å². The summed E-state index contributed by atoms with van der Waals surface area (Å²) in [6.07, 6.45) is 1.77. The molecular weight excluding hydrogens is 332 g/mol. The third-order valence-electron chi connectivity index (χ3n) is 3.69. The molecule has 4 nitrogen and oxygen atoms in total. The van der Waals surface area contributed by atoms with Gasteiger partial charge < -0.3 is 15.4 Å². The molecule has 0 aliphatic carbocycles. The number of carbonyl (C=O) groups is 1. The van der Waals surface area contributed by atoms with Crippen LogP contribution in [0.25, 0.3) is 0 Å². The standard InChI is InChI=1S/C16H23BrN2O2/c1-11-8-13(6-7-18-11)16(20)19-10-12(2)21-15-5-3-4-14(17)9-15/h3-5,9,11-13,18H,6-8,10H2,1-2H3,(H,19,20)/t11-,12?,13-/m0/s1. The molecule has 21 heavy (non-hydrogen) atoms. The van der Waals surface area contributed by atoms with Crippen molar-refractivity contribution in [1.82, 2.24) is 10.6 Å². The Labute approximate surface area is 134 Å². The van der Waals surface area contributed by atoms with Crippen molar-refractivity contribution in [2.75, 3.05) is 13.1 Å². The number of rotatable bonds is 5. The lowest BCUT2D eigenvalue weighted by Crippen LogP contribution is -2.44. The molecule has 1 aromatic rings. The van der Waals surface area contributed by atoms with E-state index in [1.165, 1.54) is 0 Å². The second-order valence-corrected chi connectivity index (χ2v) is 6.62. The monoisotopic (exact) mass is 354 g/mol. The maximum atomic E-state index is 12.2. The van der Waals surface area contributed by atoms with E-state index in [4.69, 9.17) is 4.74 Å². The van der Waals surface area contributed by atoms with Gasteiger partial charge in [-0.25, -0.2) is 0 Å². The highest BCUT2D eigenvalue weighted by Crippen LogP contribution is 2.19. The fourth-order valence-corrected chi connectivity index (χ4v) is 2.95. The van der Waals surface area contributed by atoms with Gasteiger partial charge in [0.2, 0.25) is 5.91 Å². The van der Waals surface area contributed by atoms with E-state index < -0.39 is 0 Å². The molecule has 1 aliphatic rings. The van der Waals surface area contributed by atoms with Gasteiger partial charge in [-0.1, -0.05) is 22.0 Å². The van der Waals surface area contributed by atoms with E-state index in [0.717, 1.165) is 29.6 Å². The molecule has 1 unspecified atom stereocenters. The Morgan fingerprint density at radius 2 is 2.38 bits per heavy atom. The number of amides is 1. The van der Waals surface area contributed by atoms with Crippen molar-refractivity contribution in [1.29, 1.82) is 0 Å². The average molecular weight is 355 g/mol. The van der Waals surface area contributed by atoms with Gasteiger partial charge in [0.15, 0.2) is 0 Å². The number of benzene rings is 1. The average Bonchev–Trinajstić information content (AvgIpc) is 2.45. The van der Waals surface area contributed by atoms with Gasteiger partial charge in [0.25, 0.3) is 0 Å². The summed E-state index contributed by atoms with van der Waals surface area (Å²) in [6.45, 7) is 5.54. The number of carbonyl (C=O) groups excluding carboxylic acids is 1. The van der Waals surface area contributed by atoms with E-state index in [0.29, 0.717) is 12.6 Å². The predicted octanol–water partition coefficient (Wildman–Crippen LogP) is 2.72. The number of hydrogen-bond donors (Lipinski definition) is 2. The predicted molar refractivity (Wildman–Crippen MR) is 87.4 cm³/mol. The number of halogens is 1. The molecule has 0 aromatic heterocycles. The largest absolute Gasteiger partial charge is 0.489 e. The van der Waals surface area contributed by atoms with Gasteiger partial charge in [0.1, 0.15) is 11.9 Å². The summed E-state index contributed by atoms with van der Waals surface area (Å²) >= 11 is 3.42. The van der Waals surface area contributed by atoms with Gasteiger partial charge in [0, 0.05) is 16.4 Å². The Morgan fingerprint density at radius 3 is 3.10 bits per heavy atom. The molecule has 0 radical (unpaired) electrons. The first kappa shape index (κ1) is 16.3. The van der Waals surface area contributed by atoms with Gasteiger partial charge in [0.05, 0.1) is 6.54 Å². The summed E-state index contributed by atoms with van der Waals surface area (Å²) in [7, 11) is 0. The molecule has 5 heteroatoms. The van der Waals surface area contributed by atoms with E-state index in [1.807, 2.05) is 31.2 Å². The fraction of sp³-hybridized carbons (Fsp3) is 0.562. The number of ether oxygens (including phenoxy) is 1. The van der Waals surface area contributed by atoms with Gasteiger partial charge in [-0.15, -0.1) is 0 Å². The quantitative estimate of drug-likeness (QED) is 0.854. The Hall–Kier alpha value is -1.07. The SMILES string of the molecule is CC(CNC(=O)[C@H]1CCN[C@@H](C)C1)Oc1cccc(Br)c1. The van der Waals surface area contributed by atoms with Crippen LogP contribution in [0.15, 0.2) is 28.7 Å². The van der Waals surface area contributed by atoms with E-state index >= 15 is 0 Å². The van der Waals surface area contributed by atoms with Crippen molar-refractivity contribution in [2.45, 2.75) is 38.8 Å². The number of nitrogens with one attached hydrogen (secondary N) is 2. The van der Waals surface area contributed by atoms with Crippen LogP contribution in [0.5, 0.6) is 5.75 Å². The zero-order valence-corrected chi connectivity index (χ0v) is 14.2. The Kier molecular flexibility index (Phi) is 6.06. The van der Waals surface area contributed by atoms with Crippen LogP contribution in [0.3, 0.4) is 0 Å². The molecule has 1 heterocycles. The van der Waals surface area contributed by atoms with Crippen molar-refractivity contribution < 1.29 is 9.53 Å². The molecule has 2 rings (SSSR count). The molecule has 1 saturated heterocycles. The summed E-state index contributed by atoms with van der Waals surface area (Å²) in [5.41, 5.74) is 0. The van der Waals surface area contributed by atoms with Crippen LogP contribution in [0.2, 0.25) is 0 Å². The first-order chi connectivity index (χ1) is 10.0. The lowest BCUT2D eigenvalue weighted by Gasteiger charge is -2.27. The third-order valence-corrected chi connectivity index (χ3v) is 4.18. The molecule has 0 bridgehead atoms. The highest BCUT2D eigenvalue weighted by Gasteiger charge is 2.24. The molecule has 1 aromatic carbocycles. The zero-order chi connectivity index (χ0) is 15.2. The summed E-state index contributed by atoms with van der Waals surface area (Å²) in [4.78, 5) is 12.2. The maximum absolute atomic E-state index is 12.2. The summed E-state index contributed by atoms with van der Waals surface area (Å²) in [6, 6.07) is 8.15. The van der Waals surface area contributed by atoms with E-state index in [1.54, 1.807) is 0 Å². The van der Waals surface area contributed by atoms with Crippen LogP contribution >= 0.6 is 15.9 Å². The van der Waals surface area contributed by atoms with Crippen molar-refractivity contribution in [3.8, 4) is 5.75 Å². The number of piperidine rings is 1. The van der Waals surface area contributed by atoms with Gasteiger partial charge in [-0.05, 0) is 51.4 Å². The molecule has 0 saturated carbocycles. The minimum atomic E-state index is -0.0533. The summed E-state index contributed by atoms with van der Waals surface area (Å²) < 4.78 is 6.78. The third kappa shape index (κ3) is 5.32. The molecule has 3 atom stereocenters. The zero-order valence-electron chi connectivity index (χ0n) is 12.6. The summed E-state index contributed by atoms with van der Waals surface area (Å²) in [5.74, 6) is 1.08. The highest BCUT2D eigenvalue weighted by molar-refractivity contribution is 9.10. The van der Waals surface area contributed by atoms with Crippen LogP contribution in [0, 0.1) is 5.92 Å². The van der Waals surface area contributed by atoms with Gasteiger partial charge in [-0.3, -0.25) is 4.79 Å². The molecule has 0 spiro atoms. The van der Waals surface area contributed by atoms with E-state index in [9.17, 15) is 4.79 Å². The topological polar surface area (TPSA) is 50.4 Å². The normalized spacial score (nSPS) is 23.4. The molecule has 2 N–H and O–H groups in total. The van der Waals surface area contributed by atoms with Crippen molar-refractivity contribution >= 4 is 21.8 Å². The minimum Gasteiger partial charge on any atom is -0.489 e. The molecule has 116 valence electrons. The van der Waals surface area contributed by atoms with Crippen LogP contribution < -0.4 is 15.4 Å². The fourth-order valence-electron chi connectivity index (χ4n) is 2.57. The summed E-state index contributed by atoms with van der Waals surface area (Å²) in [5, 5.41) is 6.36. The first-order valence-corrected chi connectivity index (χ1v) is 8.27. The van der Waals surface area contributed by atoms with Gasteiger partial charge >= 0.3 is 0 Å². The Morgan fingerprint density at radius 1 is 1.57 bits per heavy atom. The van der Waals surface area contributed by atoms with Crippen LogP contribution in [0.4, 0.5) is 0 Å². The Bertz CT molecular complexity index is 481. The minimum absolute atomic E-state index is 0.0533. The lowest BCUT2D eigenvalue weighted by molar-refractivity contribution is -0.126.